The highest BCUT2D eigenvalue weighted by atomic mass is 16.6. The van der Waals surface area contributed by atoms with Gasteiger partial charge in [-0.2, -0.15) is 0 Å². The first-order chi connectivity index (χ1) is 23.7. The number of urea groups is 1. The van der Waals surface area contributed by atoms with E-state index in [1.54, 1.807) is 11.2 Å². The number of benzene rings is 2. The van der Waals surface area contributed by atoms with Crippen molar-refractivity contribution < 1.29 is 19.1 Å². The number of hydrogen-bond acceptors (Lipinski definition) is 7. The maximum Gasteiger partial charge on any atom is 0.410 e. The molecule has 2 atom stereocenters. The Kier molecular flexibility index (Phi) is 9.77. The quantitative estimate of drug-likeness (QED) is 0.403. The summed E-state index contributed by atoms with van der Waals surface area (Å²) in [6.07, 6.45) is 4.19. The van der Waals surface area contributed by atoms with Crippen LogP contribution >= 0.6 is 0 Å². The van der Waals surface area contributed by atoms with E-state index in [1.165, 1.54) is 0 Å². The Balaban J connectivity index is 1.02. The molecule has 4 amide bonds. The first-order valence-corrected chi connectivity index (χ1v) is 18.0. The van der Waals surface area contributed by atoms with Gasteiger partial charge in [-0.3, -0.25) is 9.69 Å². The van der Waals surface area contributed by atoms with E-state index in [0.29, 0.717) is 51.6 Å². The largest absolute Gasteiger partial charge is 0.435 e. The average molecular weight is 671 g/mol. The number of piperidine rings is 2. The molecule has 3 aromatic rings. The zero-order chi connectivity index (χ0) is 34.1. The normalized spacial score (nSPS) is 21.6. The number of para-hydroxylation sites is 1. The van der Waals surface area contributed by atoms with Gasteiger partial charge in [0.05, 0.1) is 17.4 Å². The summed E-state index contributed by atoms with van der Waals surface area (Å²) in [6.45, 7) is 11.1. The number of hydrogen-bond donors (Lipinski definition) is 2. The average Bonchev–Trinajstić information content (AvgIpc) is 3.54. The van der Waals surface area contributed by atoms with Crippen molar-refractivity contribution in [2.45, 2.75) is 70.1 Å². The first-order valence-electron chi connectivity index (χ1n) is 18.0. The summed E-state index contributed by atoms with van der Waals surface area (Å²) >= 11 is 0. The standard InChI is InChI=1S/C37H50N8O4/c1-25-22-28(23-32-33(25)39-24-38-32)26(2)34(35(46)43-13-9-29(10-14-43)42-20-18-41(3)19-21-42)49-37(48)44-15-11-30(12-16-44)45-17-8-27-6-4-5-7-31(27)40-36(45)47/h4-7,22-24,26,29-30,34H,8-21H2,1-3H3,(H,38,39)(H,40,47). The number of H-pyrrole nitrogens is 1. The predicted octanol–water partition coefficient (Wildman–Crippen LogP) is 4.27. The van der Waals surface area contributed by atoms with Crippen molar-refractivity contribution in [3.05, 3.63) is 59.4 Å². The van der Waals surface area contributed by atoms with Crippen molar-refractivity contribution in [1.29, 1.82) is 0 Å². The third-order valence-electron chi connectivity index (χ3n) is 11.3. The van der Waals surface area contributed by atoms with E-state index < -0.39 is 12.2 Å². The number of likely N-dealkylation sites (tertiary alicyclic amines) is 2. The number of rotatable bonds is 6. The van der Waals surface area contributed by atoms with Crippen LogP contribution in [0.5, 0.6) is 0 Å². The summed E-state index contributed by atoms with van der Waals surface area (Å²) < 4.78 is 6.23. The van der Waals surface area contributed by atoms with Crippen LogP contribution in [0.15, 0.2) is 42.7 Å². The zero-order valence-electron chi connectivity index (χ0n) is 29.1. The number of piperazine rings is 1. The van der Waals surface area contributed by atoms with E-state index in [2.05, 4.69) is 44.3 Å². The van der Waals surface area contributed by atoms with Crippen LogP contribution < -0.4 is 5.32 Å². The van der Waals surface area contributed by atoms with E-state index >= 15 is 0 Å². The number of imidazole rings is 1. The van der Waals surface area contributed by atoms with Crippen molar-refractivity contribution in [2.24, 2.45) is 0 Å². The Hall–Kier alpha value is -4.16. The number of carbonyl (C=O) groups excluding carboxylic acids is 3. The highest BCUT2D eigenvalue weighted by molar-refractivity contribution is 5.91. The van der Waals surface area contributed by atoms with E-state index in [-0.39, 0.29) is 23.9 Å². The van der Waals surface area contributed by atoms with Crippen LogP contribution in [0.2, 0.25) is 0 Å². The molecular weight excluding hydrogens is 620 g/mol. The molecule has 0 bridgehead atoms. The highest BCUT2D eigenvalue weighted by Gasteiger charge is 2.39. The fourth-order valence-electron chi connectivity index (χ4n) is 8.16. The molecular formula is C37H50N8O4. The number of ether oxygens (including phenoxy) is 1. The lowest BCUT2D eigenvalue weighted by Crippen LogP contribution is -2.55. The van der Waals surface area contributed by atoms with Crippen LogP contribution in [0, 0.1) is 6.92 Å². The monoisotopic (exact) mass is 670 g/mol. The molecule has 4 aliphatic heterocycles. The minimum absolute atomic E-state index is 0.0282. The summed E-state index contributed by atoms with van der Waals surface area (Å²) in [5.41, 5.74) is 5.73. The Labute approximate surface area is 288 Å². The molecule has 5 heterocycles. The van der Waals surface area contributed by atoms with Crippen molar-refractivity contribution in [3.63, 3.8) is 0 Å². The lowest BCUT2D eigenvalue weighted by Gasteiger charge is -2.43. The van der Waals surface area contributed by atoms with Gasteiger partial charge in [0.15, 0.2) is 6.10 Å². The summed E-state index contributed by atoms with van der Waals surface area (Å²) in [5, 5.41) is 3.07. The number of nitrogens with zero attached hydrogens (tertiary/aromatic N) is 6. The van der Waals surface area contributed by atoms with Gasteiger partial charge in [-0.05, 0) is 74.9 Å². The summed E-state index contributed by atoms with van der Waals surface area (Å²) in [4.78, 5) is 59.4. The molecule has 0 radical (unpaired) electrons. The van der Waals surface area contributed by atoms with E-state index in [4.69, 9.17) is 4.74 Å². The van der Waals surface area contributed by atoms with Gasteiger partial charge < -0.3 is 34.6 Å². The molecule has 4 aliphatic rings. The molecule has 3 fully saturated rings. The first kappa shape index (κ1) is 33.3. The van der Waals surface area contributed by atoms with Gasteiger partial charge in [0.25, 0.3) is 5.91 Å². The Morgan fingerprint density at radius 2 is 1.59 bits per heavy atom. The molecule has 2 N–H and O–H groups in total. The highest BCUT2D eigenvalue weighted by Crippen LogP contribution is 2.31. The summed E-state index contributed by atoms with van der Waals surface area (Å²) in [6, 6.07) is 12.4. The van der Waals surface area contributed by atoms with Crippen molar-refractivity contribution in [2.75, 3.05) is 71.3 Å². The lowest BCUT2D eigenvalue weighted by atomic mass is 9.91. The zero-order valence-corrected chi connectivity index (χ0v) is 29.1. The topological polar surface area (TPSA) is 117 Å². The van der Waals surface area contributed by atoms with Crippen LogP contribution in [-0.2, 0) is 16.0 Å². The molecule has 0 saturated carbocycles. The van der Waals surface area contributed by atoms with Gasteiger partial charge in [0.1, 0.15) is 0 Å². The molecule has 12 heteroatoms. The number of aromatic amines is 1. The maximum absolute atomic E-state index is 14.3. The molecule has 12 nitrogen and oxygen atoms in total. The van der Waals surface area contributed by atoms with Gasteiger partial charge in [-0.25, -0.2) is 14.6 Å². The maximum atomic E-state index is 14.3. The molecule has 262 valence electrons. The fraction of sp³-hybridized carbons (Fsp3) is 0.568. The number of likely N-dealkylation sites (N-methyl/N-ethyl adjacent to an activating group) is 1. The van der Waals surface area contributed by atoms with Crippen LogP contribution in [0.25, 0.3) is 11.0 Å². The number of nitrogens with one attached hydrogen (secondary N) is 2. The van der Waals surface area contributed by atoms with E-state index in [0.717, 1.165) is 78.9 Å². The number of anilines is 1. The van der Waals surface area contributed by atoms with Gasteiger partial charge in [-0.1, -0.05) is 31.2 Å². The molecule has 49 heavy (non-hydrogen) atoms. The van der Waals surface area contributed by atoms with Crippen LogP contribution in [0.1, 0.15) is 55.2 Å². The number of amides is 4. The number of carbonyl (C=O) groups is 3. The van der Waals surface area contributed by atoms with Crippen molar-refractivity contribution in [1.82, 2.24) is 34.5 Å². The molecule has 3 saturated heterocycles. The smallest absolute Gasteiger partial charge is 0.410 e. The SMILES string of the molecule is Cc1cc(C(C)C(OC(=O)N2CCC(N3CCc4ccccc4NC3=O)CC2)C(=O)N2CCC(N3CCN(C)CC3)CC2)cc2[nH]cnc12. The minimum atomic E-state index is -0.958. The van der Waals surface area contributed by atoms with Gasteiger partial charge in [0.2, 0.25) is 0 Å². The molecule has 0 aliphatic carbocycles. The third kappa shape index (κ3) is 7.12. The van der Waals surface area contributed by atoms with Crippen LogP contribution in [-0.4, -0.2) is 137 Å². The van der Waals surface area contributed by atoms with E-state index in [9.17, 15) is 14.4 Å². The summed E-state index contributed by atoms with van der Waals surface area (Å²) in [7, 11) is 2.17. The Morgan fingerprint density at radius 3 is 2.35 bits per heavy atom. The fourth-order valence-corrected chi connectivity index (χ4v) is 8.16. The Morgan fingerprint density at radius 1 is 0.898 bits per heavy atom. The van der Waals surface area contributed by atoms with Crippen molar-refractivity contribution in [3.8, 4) is 0 Å². The number of aryl methyl sites for hydroxylation is 1. The second kappa shape index (κ2) is 14.4. The van der Waals surface area contributed by atoms with Gasteiger partial charge in [-0.15, -0.1) is 0 Å². The van der Waals surface area contributed by atoms with Gasteiger partial charge in [0, 0.05) is 82.6 Å². The van der Waals surface area contributed by atoms with E-state index in [1.807, 2.05) is 47.9 Å². The Bertz CT molecular complexity index is 1650. The second-order valence-electron chi connectivity index (χ2n) is 14.4. The summed E-state index contributed by atoms with van der Waals surface area (Å²) in [5.74, 6) is -0.492. The lowest BCUT2D eigenvalue weighted by molar-refractivity contribution is -0.143. The number of aromatic nitrogens is 2. The van der Waals surface area contributed by atoms with Crippen molar-refractivity contribution >= 4 is 34.8 Å². The number of fused-ring (bicyclic) bond motifs is 2. The van der Waals surface area contributed by atoms with Gasteiger partial charge >= 0.3 is 12.1 Å². The third-order valence-corrected chi connectivity index (χ3v) is 11.3. The minimum Gasteiger partial charge on any atom is -0.435 e. The molecule has 0 spiro atoms. The predicted molar refractivity (Wildman–Crippen MR) is 189 cm³/mol. The molecule has 1 aromatic heterocycles. The van der Waals surface area contributed by atoms with Crippen LogP contribution in [0.3, 0.4) is 0 Å². The molecule has 7 rings (SSSR count). The molecule has 2 aromatic carbocycles. The van der Waals surface area contributed by atoms with Crippen LogP contribution in [0.4, 0.5) is 15.3 Å². The molecule has 2 unspecified atom stereocenters. The second-order valence-corrected chi connectivity index (χ2v) is 14.4.